The van der Waals surface area contributed by atoms with Gasteiger partial charge in [0.05, 0.1) is 8.55 Å². The van der Waals surface area contributed by atoms with Gasteiger partial charge in [-0.05, 0) is 12.1 Å². The van der Waals surface area contributed by atoms with Gasteiger partial charge in [-0.25, -0.2) is 4.98 Å². The first-order valence-electron chi connectivity index (χ1n) is 3.26. The van der Waals surface area contributed by atoms with Gasteiger partial charge in [0.2, 0.25) is 0 Å². The van der Waals surface area contributed by atoms with E-state index in [-0.39, 0.29) is 0 Å². The molecule has 0 fully saturated rings. The lowest BCUT2D eigenvalue weighted by molar-refractivity contribution is 1.23. The van der Waals surface area contributed by atoms with E-state index < -0.39 is 0 Å². The summed E-state index contributed by atoms with van der Waals surface area (Å²) in [4.78, 5) is 3.94. The van der Waals surface area contributed by atoms with Gasteiger partial charge in [-0.2, -0.15) is 0 Å². The first kappa shape index (κ1) is 8.16. The number of rotatable bonds is 2. The molecule has 0 saturated heterocycles. The van der Waals surface area contributed by atoms with Crippen LogP contribution in [0.4, 0.5) is 0 Å². The van der Waals surface area contributed by atoms with E-state index in [2.05, 4.69) is 4.98 Å². The van der Waals surface area contributed by atoms with Crippen molar-refractivity contribution < 1.29 is 0 Å². The lowest BCUT2D eigenvalue weighted by Crippen LogP contribution is -1.76. The molecule has 0 aliphatic rings. The summed E-state index contributed by atoms with van der Waals surface area (Å²) in [6.07, 6.45) is 5.42. The van der Waals surface area contributed by atoms with Gasteiger partial charge in [0.15, 0.2) is 0 Å². The van der Waals surface area contributed by atoms with Crippen LogP contribution in [-0.2, 0) is 0 Å². The van der Waals surface area contributed by atoms with Gasteiger partial charge in [0.25, 0.3) is 0 Å². The van der Waals surface area contributed by atoms with Crippen LogP contribution < -0.4 is 0 Å². The molecule has 5 heteroatoms. The van der Waals surface area contributed by atoms with Gasteiger partial charge < -0.3 is 0 Å². The fourth-order valence-corrected chi connectivity index (χ4v) is 2.90. The van der Waals surface area contributed by atoms with E-state index >= 15 is 0 Å². The predicted octanol–water partition coefficient (Wildman–Crippen LogP) is 3.15. The molecule has 2 aromatic heterocycles. The highest BCUT2D eigenvalue weighted by atomic mass is 35.5. The summed E-state index contributed by atoms with van der Waals surface area (Å²) in [6.45, 7) is 0. The predicted molar refractivity (Wildman–Crippen MR) is 52.8 cm³/mol. The molecule has 62 valence electrons. The number of hydrogen-bond donors (Lipinski definition) is 0. The number of halogens is 1. The molecule has 0 aliphatic carbocycles. The van der Waals surface area contributed by atoms with Crippen molar-refractivity contribution >= 4 is 34.9 Å². The van der Waals surface area contributed by atoms with Gasteiger partial charge in [0.1, 0.15) is 6.33 Å². The molecule has 12 heavy (non-hydrogen) atoms. The van der Waals surface area contributed by atoms with Crippen molar-refractivity contribution in [1.82, 2.24) is 8.96 Å². The monoisotopic (exact) mass is 216 g/mol. The summed E-state index contributed by atoms with van der Waals surface area (Å²) in [5.74, 6) is 0. The number of thiophene rings is 1. The molecule has 0 spiro atoms. The molecule has 0 N–H and O–H groups in total. The lowest BCUT2D eigenvalue weighted by atomic mass is 10.7. The Morgan fingerprint density at radius 1 is 1.50 bits per heavy atom. The third-order valence-electron chi connectivity index (χ3n) is 1.22. The van der Waals surface area contributed by atoms with Crippen molar-refractivity contribution in [2.75, 3.05) is 0 Å². The lowest BCUT2D eigenvalue weighted by Gasteiger charge is -1.94. The highest BCUT2D eigenvalue weighted by Gasteiger charge is 1.98. The fourth-order valence-electron chi connectivity index (χ4n) is 0.752. The maximum Gasteiger partial charge on any atom is 0.105 e. The zero-order valence-electron chi connectivity index (χ0n) is 5.98. The molecule has 0 aromatic carbocycles. The molecule has 0 radical (unpaired) electrons. The van der Waals surface area contributed by atoms with Crippen LogP contribution in [0.5, 0.6) is 0 Å². The summed E-state index contributed by atoms with van der Waals surface area (Å²) < 4.78 is 3.91. The van der Waals surface area contributed by atoms with E-state index in [1.165, 1.54) is 0 Å². The molecular formula is C7H5ClN2S2. The number of hydrogen-bond acceptors (Lipinski definition) is 3. The topological polar surface area (TPSA) is 17.8 Å². The van der Waals surface area contributed by atoms with Gasteiger partial charge in [-0.15, -0.1) is 11.3 Å². The van der Waals surface area contributed by atoms with Crippen LogP contribution >= 0.6 is 34.9 Å². The Morgan fingerprint density at radius 2 is 2.42 bits per heavy atom. The molecule has 2 rings (SSSR count). The summed E-state index contributed by atoms with van der Waals surface area (Å²) >= 11 is 8.95. The van der Waals surface area contributed by atoms with Crippen LogP contribution in [0.15, 0.2) is 35.1 Å². The number of nitrogens with zero attached hydrogens (tertiary/aromatic N) is 2. The Labute approximate surface area is 83.3 Å². The van der Waals surface area contributed by atoms with Gasteiger partial charge >= 0.3 is 0 Å². The minimum Gasteiger partial charge on any atom is -0.275 e. The van der Waals surface area contributed by atoms with E-state index in [0.717, 1.165) is 8.55 Å². The Balaban J connectivity index is 2.14. The van der Waals surface area contributed by atoms with Crippen LogP contribution in [0, 0.1) is 0 Å². The Kier molecular flexibility index (Phi) is 2.39. The quantitative estimate of drug-likeness (QED) is 0.768. The molecule has 2 aromatic rings. The summed E-state index contributed by atoms with van der Waals surface area (Å²) in [6, 6.07) is 3.89. The smallest absolute Gasteiger partial charge is 0.105 e. The van der Waals surface area contributed by atoms with E-state index in [1.807, 2.05) is 22.3 Å². The molecule has 2 nitrogen and oxygen atoms in total. The molecule has 0 atom stereocenters. The summed E-state index contributed by atoms with van der Waals surface area (Å²) in [7, 11) is 0. The van der Waals surface area contributed by atoms with E-state index in [0.29, 0.717) is 0 Å². The van der Waals surface area contributed by atoms with Crippen LogP contribution in [0.1, 0.15) is 0 Å². The minimum absolute atomic E-state index is 0.817. The minimum atomic E-state index is 0.817. The van der Waals surface area contributed by atoms with E-state index in [4.69, 9.17) is 11.6 Å². The second-order valence-corrected chi connectivity index (χ2v) is 5.09. The van der Waals surface area contributed by atoms with Gasteiger partial charge in [-0.3, -0.25) is 3.97 Å². The molecule has 2 heterocycles. The molecule has 0 aliphatic heterocycles. The zero-order valence-corrected chi connectivity index (χ0v) is 8.36. The van der Waals surface area contributed by atoms with Crippen molar-refractivity contribution in [3.8, 4) is 0 Å². The molecule has 0 unspecified atom stereocenters. The average Bonchev–Trinajstić information content (AvgIpc) is 2.63. The standard InChI is InChI=1S/C7H5ClN2S2/c8-6-1-2-7(11-6)12-10-4-3-9-5-10/h1-5H. The van der Waals surface area contributed by atoms with Crippen LogP contribution in [-0.4, -0.2) is 8.96 Å². The Bertz CT molecular complexity index is 355. The number of imidazole rings is 1. The van der Waals surface area contributed by atoms with Gasteiger partial charge in [0, 0.05) is 24.3 Å². The zero-order chi connectivity index (χ0) is 8.39. The van der Waals surface area contributed by atoms with Crippen molar-refractivity contribution in [2.24, 2.45) is 0 Å². The molecule has 0 bridgehead atoms. The fraction of sp³-hybridized carbons (Fsp3) is 0. The Morgan fingerprint density at radius 3 is 3.00 bits per heavy atom. The van der Waals surface area contributed by atoms with Crippen LogP contribution in [0.2, 0.25) is 4.34 Å². The third-order valence-corrected chi connectivity index (χ3v) is 3.47. The second kappa shape index (κ2) is 3.51. The maximum absolute atomic E-state index is 5.78. The van der Waals surface area contributed by atoms with Crippen molar-refractivity contribution in [3.05, 3.63) is 35.2 Å². The average molecular weight is 217 g/mol. The highest BCUT2D eigenvalue weighted by Crippen LogP contribution is 2.30. The number of aromatic nitrogens is 2. The largest absolute Gasteiger partial charge is 0.275 e. The maximum atomic E-state index is 5.78. The Hall–Kier alpha value is -0.450. The highest BCUT2D eigenvalue weighted by molar-refractivity contribution is 7.99. The molecular weight excluding hydrogens is 212 g/mol. The first-order chi connectivity index (χ1) is 5.84. The van der Waals surface area contributed by atoms with Crippen LogP contribution in [0.3, 0.4) is 0 Å². The first-order valence-corrected chi connectivity index (χ1v) is 5.23. The second-order valence-electron chi connectivity index (χ2n) is 2.07. The van der Waals surface area contributed by atoms with Crippen LogP contribution in [0.25, 0.3) is 0 Å². The molecule has 0 saturated carbocycles. The van der Waals surface area contributed by atoms with E-state index in [9.17, 15) is 0 Å². The molecule has 0 amide bonds. The van der Waals surface area contributed by atoms with Crippen molar-refractivity contribution in [3.63, 3.8) is 0 Å². The third kappa shape index (κ3) is 1.83. The SMILES string of the molecule is Clc1ccc(Sn2ccnc2)s1. The summed E-state index contributed by atoms with van der Waals surface area (Å²) in [5, 5.41) is 0. The van der Waals surface area contributed by atoms with E-state index in [1.54, 1.807) is 35.8 Å². The van der Waals surface area contributed by atoms with Gasteiger partial charge in [-0.1, -0.05) is 11.6 Å². The normalized spacial score (nSPS) is 10.4. The van der Waals surface area contributed by atoms with Crippen molar-refractivity contribution in [1.29, 1.82) is 0 Å². The summed E-state index contributed by atoms with van der Waals surface area (Å²) in [5.41, 5.74) is 0. The van der Waals surface area contributed by atoms with Crippen molar-refractivity contribution in [2.45, 2.75) is 4.21 Å².